The molecule has 0 saturated carbocycles. The van der Waals surface area contributed by atoms with Crippen LogP contribution in [0.2, 0.25) is 0 Å². The molecule has 6 aromatic rings. The highest BCUT2D eigenvalue weighted by molar-refractivity contribution is 7.89. The average Bonchev–Trinajstić information content (AvgIpc) is 3.71. The summed E-state index contributed by atoms with van der Waals surface area (Å²) in [4.78, 5) is 32.1. The van der Waals surface area contributed by atoms with Crippen LogP contribution in [0.15, 0.2) is 132 Å². The molecule has 2 unspecified atom stereocenters. The van der Waals surface area contributed by atoms with Crippen molar-refractivity contribution in [3.05, 3.63) is 155 Å². The molecule has 2 atom stereocenters. The van der Waals surface area contributed by atoms with Crippen LogP contribution in [0, 0.1) is 13.8 Å². The number of sulfonamides is 2. The average molecular weight is 1020 g/mol. The maximum Gasteiger partial charge on any atom is 0.344 e. The summed E-state index contributed by atoms with van der Waals surface area (Å²) in [6, 6.07) is 28.2. The van der Waals surface area contributed by atoms with E-state index in [4.69, 9.17) is 19.3 Å². The van der Waals surface area contributed by atoms with E-state index in [-0.39, 0.29) is 28.5 Å². The predicted molar refractivity (Wildman–Crippen MR) is 277 cm³/mol. The SMILES string of the molecule is Cc1cncc(-c2ccc(S(=O)(=O)N(C)C3CCCCc4c(OCC(=O)O)cccc43)cc2)c1.Cc1cncc(-c2ccc(S(=O)(=O)N(C)C3CCCCc4c(OCC(=O)OC(C)(C)C)cccc43)cc2)c1. The van der Waals surface area contributed by atoms with Gasteiger partial charge in [-0.2, -0.15) is 8.61 Å². The van der Waals surface area contributed by atoms with Crippen molar-refractivity contribution in [3.63, 3.8) is 0 Å². The topological polar surface area (TPSA) is 183 Å². The van der Waals surface area contributed by atoms with Crippen LogP contribution in [0.25, 0.3) is 22.3 Å². The number of aromatic nitrogens is 2. The number of rotatable bonds is 14. The first-order valence-electron chi connectivity index (χ1n) is 24.2. The Hall–Kier alpha value is -6.46. The molecule has 2 aliphatic carbocycles. The normalized spacial score (nSPS) is 16.0. The Bertz CT molecular complexity index is 3100. The lowest BCUT2D eigenvalue weighted by atomic mass is 9.98. The van der Waals surface area contributed by atoms with E-state index in [9.17, 15) is 26.4 Å². The molecule has 0 saturated heterocycles. The minimum atomic E-state index is -3.76. The Kier molecular flexibility index (Phi) is 17.0. The van der Waals surface area contributed by atoms with Gasteiger partial charge in [0.25, 0.3) is 0 Å². The quantitative estimate of drug-likeness (QED) is 0.0806. The third-order valence-corrected chi connectivity index (χ3v) is 16.6. The highest BCUT2D eigenvalue weighted by Crippen LogP contribution is 2.41. The number of ether oxygens (including phenoxy) is 3. The second kappa shape index (κ2) is 23.0. The number of aliphatic carboxylic acids is 1. The maximum atomic E-state index is 13.7. The number of pyridine rings is 2. The number of hydrogen-bond acceptors (Lipinski definition) is 11. The van der Waals surface area contributed by atoms with Crippen LogP contribution in [-0.4, -0.2) is 85.4 Å². The first-order valence-corrected chi connectivity index (χ1v) is 27.0. The summed E-state index contributed by atoms with van der Waals surface area (Å²) in [7, 11) is -4.27. The summed E-state index contributed by atoms with van der Waals surface area (Å²) in [5.41, 5.74) is 8.79. The van der Waals surface area contributed by atoms with Gasteiger partial charge in [0.1, 0.15) is 17.1 Å². The number of carboxylic acids is 1. The van der Waals surface area contributed by atoms with Gasteiger partial charge >= 0.3 is 11.9 Å². The molecule has 16 heteroatoms. The molecule has 1 N–H and O–H groups in total. The van der Waals surface area contributed by atoms with Crippen LogP contribution >= 0.6 is 0 Å². The minimum absolute atomic E-state index is 0.199. The Labute approximate surface area is 424 Å². The summed E-state index contributed by atoms with van der Waals surface area (Å²) >= 11 is 0. The molecular weight excluding hydrogens is 953 g/mol. The fraction of sp³-hybridized carbons (Fsp3) is 0.357. The first-order chi connectivity index (χ1) is 34.2. The molecule has 0 fully saturated rings. The van der Waals surface area contributed by atoms with Crippen LogP contribution < -0.4 is 9.47 Å². The van der Waals surface area contributed by atoms with Gasteiger partial charge in [0.05, 0.1) is 21.9 Å². The molecule has 72 heavy (non-hydrogen) atoms. The van der Waals surface area contributed by atoms with E-state index in [0.29, 0.717) is 24.3 Å². The molecule has 0 aliphatic heterocycles. The summed E-state index contributed by atoms with van der Waals surface area (Å²) in [6.45, 7) is 8.75. The molecule has 380 valence electrons. The number of carboxylic acid groups (broad SMARTS) is 1. The molecule has 14 nitrogen and oxygen atoms in total. The third kappa shape index (κ3) is 12.9. The van der Waals surface area contributed by atoms with E-state index in [0.717, 1.165) is 94.2 Å². The molecule has 4 aromatic carbocycles. The number of carbonyl (C=O) groups is 2. The van der Waals surface area contributed by atoms with E-state index in [2.05, 4.69) is 9.97 Å². The monoisotopic (exact) mass is 1020 g/mol. The van der Waals surface area contributed by atoms with Crippen LogP contribution in [0.5, 0.6) is 11.5 Å². The molecule has 2 heterocycles. The number of benzene rings is 4. The van der Waals surface area contributed by atoms with Crippen LogP contribution in [0.3, 0.4) is 0 Å². The van der Waals surface area contributed by atoms with Crippen molar-refractivity contribution in [1.29, 1.82) is 0 Å². The van der Waals surface area contributed by atoms with Crippen molar-refractivity contribution in [3.8, 4) is 33.8 Å². The minimum Gasteiger partial charge on any atom is -0.482 e. The zero-order chi connectivity index (χ0) is 51.8. The number of carbonyl (C=O) groups excluding carboxylic acids is 1. The lowest BCUT2D eigenvalue weighted by Crippen LogP contribution is -2.31. The zero-order valence-electron chi connectivity index (χ0n) is 42.0. The number of hydrogen-bond donors (Lipinski definition) is 1. The molecule has 8 rings (SSSR count). The lowest BCUT2D eigenvalue weighted by Gasteiger charge is -2.29. The van der Waals surface area contributed by atoms with Gasteiger partial charge in [-0.3, -0.25) is 9.97 Å². The maximum absolute atomic E-state index is 13.7. The molecule has 0 radical (unpaired) electrons. The van der Waals surface area contributed by atoms with Crippen molar-refractivity contribution in [2.75, 3.05) is 27.3 Å². The fourth-order valence-corrected chi connectivity index (χ4v) is 12.1. The number of nitrogens with zero attached hydrogens (tertiary/aromatic N) is 4. The highest BCUT2D eigenvalue weighted by atomic mass is 32.2. The highest BCUT2D eigenvalue weighted by Gasteiger charge is 2.34. The van der Waals surface area contributed by atoms with Gasteiger partial charge in [-0.05, 0) is 166 Å². The van der Waals surface area contributed by atoms with Crippen LogP contribution in [-0.2, 0) is 47.2 Å². The number of esters is 1. The van der Waals surface area contributed by atoms with Gasteiger partial charge in [0.15, 0.2) is 13.2 Å². The fourth-order valence-electron chi connectivity index (χ4n) is 9.32. The molecule has 2 aliphatic rings. The Morgan fingerprint density at radius 2 is 1.01 bits per heavy atom. The molecule has 0 bridgehead atoms. The summed E-state index contributed by atoms with van der Waals surface area (Å²) in [5.74, 6) is -0.381. The lowest BCUT2D eigenvalue weighted by molar-refractivity contribution is -0.157. The summed E-state index contributed by atoms with van der Waals surface area (Å²) < 4.78 is 74.2. The Morgan fingerprint density at radius 3 is 1.40 bits per heavy atom. The standard InChI is InChI=1S/C30H36N2O5S.C26H28N2O5S/c1-21-17-23(19-31-18-21)22-13-15-24(16-14-22)38(34,35)32(5)27-11-7-6-9-26-25(27)10-8-12-28(26)36-20-29(33)37-30(2,3)4;1-18-14-20(16-27-15-18)19-10-12-21(13-11-19)34(31,32)28(2)24-8-4-3-6-23-22(24)7-5-9-25(23)33-17-26(29)30/h8,10,12-19,27H,6-7,9,11,20H2,1-5H3;5,7,9-16,24H,3-4,6,8,17H2,1-2H3,(H,29,30). The molecule has 2 aromatic heterocycles. The second-order valence-corrected chi connectivity index (χ2v) is 23.3. The largest absolute Gasteiger partial charge is 0.482 e. The van der Waals surface area contributed by atoms with E-state index >= 15 is 0 Å². The van der Waals surface area contributed by atoms with Crippen molar-refractivity contribution in [1.82, 2.24) is 18.6 Å². The van der Waals surface area contributed by atoms with Crippen molar-refractivity contribution in [2.45, 2.75) is 113 Å². The zero-order valence-corrected chi connectivity index (χ0v) is 43.6. The van der Waals surface area contributed by atoms with Gasteiger partial charge in [-0.15, -0.1) is 0 Å². The number of fused-ring (bicyclic) bond motifs is 2. The molecule has 0 amide bonds. The summed E-state index contributed by atoms with van der Waals surface area (Å²) in [6.07, 6.45) is 13.5. The van der Waals surface area contributed by atoms with Gasteiger partial charge in [0, 0.05) is 50.0 Å². The van der Waals surface area contributed by atoms with Crippen molar-refractivity contribution < 1.29 is 45.7 Å². The van der Waals surface area contributed by atoms with Gasteiger partial charge in [0.2, 0.25) is 20.0 Å². The summed E-state index contributed by atoms with van der Waals surface area (Å²) in [5, 5.41) is 9.00. The van der Waals surface area contributed by atoms with E-state index < -0.39 is 44.2 Å². The first kappa shape index (κ1) is 53.3. The number of aryl methyl sites for hydroxylation is 2. The molecule has 0 spiro atoms. The third-order valence-electron chi connectivity index (χ3n) is 12.8. The van der Waals surface area contributed by atoms with Gasteiger partial charge in [-0.1, -0.05) is 61.4 Å². The Morgan fingerprint density at radius 1 is 0.597 bits per heavy atom. The smallest absolute Gasteiger partial charge is 0.344 e. The van der Waals surface area contributed by atoms with E-state index in [1.807, 2.05) is 83.1 Å². The second-order valence-electron chi connectivity index (χ2n) is 19.3. The Balaban J connectivity index is 0.000000213. The van der Waals surface area contributed by atoms with Gasteiger partial charge in [-0.25, -0.2) is 26.4 Å². The van der Waals surface area contributed by atoms with Crippen LogP contribution in [0.4, 0.5) is 0 Å². The predicted octanol–water partition coefficient (Wildman–Crippen LogP) is 10.5. The van der Waals surface area contributed by atoms with E-state index in [1.165, 1.54) is 8.61 Å². The van der Waals surface area contributed by atoms with Crippen molar-refractivity contribution >= 4 is 32.0 Å². The molecular formula is C56H64N4O10S2. The van der Waals surface area contributed by atoms with Crippen molar-refractivity contribution in [2.24, 2.45) is 0 Å². The van der Waals surface area contributed by atoms with E-state index in [1.54, 1.807) is 87.4 Å². The van der Waals surface area contributed by atoms with Gasteiger partial charge < -0.3 is 19.3 Å². The van der Waals surface area contributed by atoms with Crippen LogP contribution in [0.1, 0.15) is 105 Å².